The largest absolute Gasteiger partial charge is 0.449 e. The average Bonchev–Trinajstić information content (AvgIpc) is 2.53. The van der Waals surface area contributed by atoms with Crippen LogP contribution in [0.5, 0.6) is 0 Å². The minimum atomic E-state index is -0.304. The first-order valence-corrected chi connectivity index (χ1v) is 7.57. The molecule has 118 valence electrons. The van der Waals surface area contributed by atoms with Gasteiger partial charge in [-0.25, -0.2) is 9.59 Å². The van der Waals surface area contributed by atoms with Crippen LogP contribution >= 0.6 is 0 Å². The number of hydrogen-bond donors (Lipinski definition) is 1. The number of aryl methyl sites for hydroxylation is 1. The summed E-state index contributed by atoms with van der Waals surface area (Å²) in [5, 5.41) is 2.91. The van der Waals surface area contributed by atoms with Gasteiger partial charge in [0.15, 0.2) is 0 Å². The smallest absolute Gasteiger partial charge is 0.409 e. The Morgan fingerprint density at radius 2 is 2.05 bits per heavy atom. The zero-order valence-corrected chi connectivity index (χ0v) is 12.9. The molecule has 0 aromatic heterocycles. The SMILES string of the molecule is Cc1ccc(NC(=O)N2CC[C@H]3COC(=O)N(C)[C@@H]3C2)cc1. The topological polar surface area (TPSA) is 61.9 Å². The second kappa shape index (κ2) is 5.87. The summed E-state index contributed by atoms with van der Waals surface area (Å²) < 4.78 is 5.13. The van der Waals surface area contributed by atoms with E-state index in [2.05, 4.69) is 5.32 Å². The molecule has 3 amide bonds. The molecule has 2 fully saturated rings. The summed E-state index contributed by atoms with van der Waals surface area (Å²) in [5.74, 6) is 0.311. The number of carbonyl (C=O) groups excluding carboxylic acids is 2. The van der Waals surface area contributed by atoms with Gasteiger partial charge in [0.25, 0.3) is 0 Å². The Balaban J connectivity index is 1.64. The van der Waals surface area contributed by atoms with Crippen molar-refractivity contribution in [3.05, 3.63) is 29.8 Å². The molecule has 0 spiro atoms. The molecule has 6 heteroatoms. The van der Waals surface area contributed by atoms with E-state index in [0.717, 1.165) is 17.7 Å². The fourth-order valence-electron chi connectivity index (χ4n) is 3.05. The Morgan fingerprint density at radius 3 is 2.77 bits per heavy atom. The van der Waals surface area contributed by atoms with Crippen molar-refractivity contribution >= 4 is 17.8 Å². The lowest BCUT2D eigenvalue weighted by atomic mass is 9.90. The van der Waals surface area contributed by atoms with Gasteiger partial charge in [-0.15, -0.1) is 0 Å². The summed E-state index contributed by atoms with van der Waals surface area (Å²) in [6.45, 7) is 3.70. The Bertz CT molecular complexity index is 573. The van der Waals surface area contributed by atoms with Crippen molar-refractivity contribution in [2.24, 2.45) is 5.92 Å². The summed E-state index contributed by atoms with van der Waals surface area (Å²) in [4.78, 5) is 27.4. The number of likely N-dealkylation sites (tertiary alicyclic amines) is 1. The number of amides is 3. The van der Waals surface area contributed by atoms with Gasteiger partial charge in [0.1, 0.15) is 0 Å². The standard InChI is InChI=1S/C16H21N3O3/c1-11-3-5-13(6-4-11)17-15(20)19-8-7-12-10-22-16(21)18(2)14(12)9-19/h3-6,12,14H,7-10H2,1-2H3,(H,17,20)/t12-,14+/m0/s1. The van der Waals surface area contributed by atoms with Crippen molar-refractivity contribution in [2.75, 3.05) is 32.1 Å². The Kier molecular flexibility index (Phi) is 3.92. The van der Waals surface area contributed by atoms with Crippen molar-refractivity contribution in [3.63, 3.8) is 0 Å². The number of benzene rings is 1. The molecule has 1 aromatic rings. The third kappa shape index (κ3) is 2.86. The Hall–Kier alpha value is -2.24. The normalized spacial score (nSPS) is 24.5. The molecule has 2 aliphatic rings. The molecular weight excluding hydrogens is 282 g/mol. The van der Waals surface area contributed by atoms with E-state index in [1.54, 1.807) is 16.8 Å². The number of cyclic esters (lactones) is 1. The predicted octanol–water partition coefficient (Wildman–Crippen LogP) is 2.30. The van der Waals surface area contributed by atoms with Crippen LogP contribution in [0, 0.1) is 12.8 Å². The molecule has 2 heterocycles. The number of carbonyl (C=O) groups is 2. The number of hydrogen-bond acceptors (Lipinski definition) is 3. The van der Waals surface area contributed by atoms with Gasteiger partial charge < -0.3 is 19.9 Å². The fraction of sp³-hybridized carbons (Fsp3) is 0.500. The number of piperidine rings is 1. The highest BCUT2D eigenvalue weighted by molar-refractivity contribution is 5.89. The van der Waals surface area contributed by atoms with Gasteiger partial charge in [-0.05, 0) is 25.5 Å². The van der Waals surface area contributed by atoms with Gasteiger partial charge in [-0.2, -0.15) is 0 Å². The number of rotatable bonds is 1. The maximum atomic E-state index is 12.4. The van der Waals surface area contributed by atoms with Crippen LogP contribution in [0.4, 0.5) is 15.3 Å². The van der Waals surface area contributed by atoms with Crippen LogP contribution in [-0.2, 0) is 4.74 Å². The highest BCUT2D eigenvalue weighted by atomic mass is 16.6. The lowest BCUT2D eigenvalue weighted by molar-refractivity contribution is -0.00967. The summed E-state index contributed by atoms with van der Waals surface area (Å²) in [6, 6.07) is 7.64. The van der Waals surface area contributed by atoms with E-state index in [9.17, 15) is 9.59 Å². The van der Waals surface area contributed by atoms with Crippen molar-refractivity contribution < 1.29 is 14.3 Å². The molecule has 1 N–H and O–H groups in total. The Morgan fingerprint density at radius 1 is 1.32 bits per heavy atom. The van der Waals surface area contributed by atoms with Crippen molar-refractivity contribution in [1.82, 2.24) is 9.80 Å². The van der Waals surface area contributed by atoms with E-state index in [1.165, 1.54) is 0 Å². The molecule has 0 saturated carbocycles. The van der Waals surface area contributed by atoms with Gasteiger partial charge in [-0.3, -0.25) is 0 Å². The molecule has 2 atom stereocenters. The van der Waals surface area contributed by atoms with Gasteiger partial charge in [0, 0.05) is 31.7 Å². The first-order valence-electron chi connectivity index (χ1n) is 7.57. The molecule has 3 rings (SSSR count). The number of nitrogens with one attached hydrogen (secondary N) is 1. The third-order valence-electron chi connectivity index (χ3n) is 4.52. The van der Waals surface area contributed by atoms with Crippen LogP contribution in [0.25, 0.3) is 0 Å². The van der Waals surface area contributed by atoms with Crippen LogP contribution in [0.15, 0.2) is 24.3 Å². The number of ether oxygens (including phenoxy) is 1. The molecule has 0 radical (unpaired) electrons. The number of urea groups is 1. The van der Waals surface area contributed by atoms with Crippen molar-refractivity contribution in [1.29, 1.82) is 0 Å². The zero-order valence-electron chi connectivity index (χ0n) is 12.9. The van der Waals surface area contributed by atoms with E-state index < -0.39 is 0 Å². The number of anilines is 1. The van der Waals surface area contributed by atoms with E-state index in [1.807, 2.05) is 31.2 Å². The average molecular weight is 303 g/mol. The molecule has 6 nitrogen and oxygen atoms in total. The predicted molar refractivity (Wildman–Crippen MR) is 82.8 cm³/mol. The maximum absolute atomic E-state index is 12.4. The molecule has 2 aliphatic heterocycles. The second-order valence-electron chi connectivity index (χ2n) is 6.05. The van der Waals surface area contributed by atoms with Crippen LogP contribution in [0.2, 0.25) is 0 Å². The third-order valence-corrected chi connectivity index (χ3v) is 4.52. The van der Waals surface area contributed by atoms with E-state index >= 15 is 0 Å². The van der Waals surface area contributed by atoms with Crippen LogP contribution < -0.4 is 5.32 Å². The van der Waals surface area contributed by atoms with E-state index in [0.29, 0.717) is 25.6 Å². The minimum Gasteiger partial charge on any atom is -0.449 e. The van der Waals surface area contributed by atoms with Crippen molar-refractivity contribution in [3.8, 4) is 0 Å². The summed E-state index contributed by atoms with van der Waals surface area (Å²) in [6.07, 6.45) is 0.547. The lowest BCUT2D eigenvalue weighted by Gasteiger charge is -2.44. The summed E-state index contributed by atoms with van der Waals surface area (Å²) >= 11 is 0. The van der Waals surface area contributed by atoms with Crippen molar-refractivity contribution in [2.45, 2.75) is 19.4 Å². The number of likely N-dealkylation sites (N-methyl/N-ethyl adjacent to an activating group) is 1. The minimum absolute atomic E-state index is 0.0405. The molecular formula is C16H21N3O3. The quantitative estimate of drug-likeness (QED) is 0.866. The molecule has 0 aliphatic carbocycles. The summed E-state index contributed by atoms with van der Waals surface area (Å²) in [5.41, 5.74) is 1.94. The maximum Gasteiger partial charge on any atom is 0.409 e. The Labute approximate surface area is 130 Å². The molecule has 0 bridgehead atoms. The van der Waals surface area contributed by atoms with Crippen LogP contribution in [-0.4, -0.2) is 54.7 Å². The molecule has 0 unspecified atom stereocenters. The zero-order chi connectivity index (χ0) is 15.7. The number of fused-ring (bicyclic) bond motifs is 1. The van der Waals surface area contributed by atoms with Crippen LogP contribution in [0.1, 0.15) is 12.0 Å². The van der Waals surface area contributed by atoms with Crippen LogP contribution in [0.3, 0.4) is 0 Å². The summed E-state index contributed by atoms with van der Waals surface area (Å²) in [7, 11) is 1.74. The lowest BCUT2D eigenvalue weighted by Crippen LogP contribution is -2.59. The highest BCUT2D eigenvalue weighted by Gasteiger charge is 2.40. The fourth-order valence-corrected chi connectivity index (χ4v) is 3.05. The van der Waals surface area contributed by atoms with Gasteiger partial charge >= 0.3 is 12.1 Å². The molecule has 2 saturated heterocycles. The monoisotopic (exact) mass is 303 g/mol. The first-order chi connectivity index (χ1) is 10.5. The molecule has 22 heavy (non-hydrogen) atoms. The second-order valence-corrected chi connectivity index (χ2v) is 6.05. The van der Waals surface area contributed by atoms with Gasteiger partial charge in [-0.1, -0.05) is 17.7 Å². The first kappa shape index (κ1) is 14.7. The number of nitrogens with zero attached hydrogens (tertiary/aromatic N) is 2. The van der Waals surface area contributed by atoms with Gasteiger partial charge in [0.05, 0.1) is 12.6 Å². The van der Waals surface area contributed by atoms with E-state index in [-0.39, 0.29) is 18.2 Å². The van der Waals surface area contributed by atoms with E-state index in [4.69, 9.17) is 4.74 Å². The van der Waals surface area contributed by atoms with Gasteiger partial charge in [0.2, 0.25) is 0 Å². The molecule has 1 aromatic carbocycles. The highest BCUT2D eigenvalue weighted by Crippen LogP contribution is 2.26.